The van der Waals surface area contributed by atoms with Gasteiger partial charge in [-0.05, 0) is 23.0 Å². The van der Waals surface area contributed by atoms with Crippen molar-refractivity contribution in [1.29, 1.82) is 0 Å². The molecule has 0 spiro atoms. The van der Waals surface area contributed by atoms with Crippen molar-refractivity contribution in [1.82, 2.24) is 4.90 Å². The van der Waals surface area contributed by atoms with Crippen molar-refractivity contribution >= 4 is 18.1 Å². The largest absolute Gasteiger partial charge is 0.463 e. The molecule has 3 rings (SSSR count). The third-order valence-electron chi connectivity index (χ3n) is 4.88. The molecule has 0 amide bonds. The van der Waals surface area contributed by atoms with Gasteiger partial charge in [-0.25, -0.2) is 14.9 Å². The van der Waals surface area contributed by atoms with Gasteiger partial charge >= 0.3 is 0 Å². The number of rotatable bonds is 5. The van der Waals surface area contributed by atoms with Gasteiger partial charge in [-0.1, -0.05) is 64.6 Å². The van der Waals surface area contributed by atoms with Crippen LogP contribution in [0.1, 0.15) is 38.8 Å². The van der Waals surface area contributed by atoms with Crippen molar-refractivity contribution < 1.29 is 9.47 Å². The lowest BCUT2D eigenvalue weighted by atomic mass is 10.1. The van der Waals surface area contributed by atoms with Crippen LogP contribution < -0.4 is 0 Å². The first-order valence-corrected chi connectivity index (χ1v) is 9.38. The topological polar surface area (TPSA) is 46.4 Å². The monoisotopic (exact) mass is 355 g/mol. The van der Waals surface area contributed by atoms with E-state index in [1.165, 1.54) is 0 Å². The lowest BCUT2D eigenvalue weighted by Crippen LogP contribution is -2.36. The van der Waals surface area contributed by atoms with Crippen LogP contribution in [-0.2, 0) is 16.0 Å². The molecule has 140 valence electrons. The van der Waals surface area contributed by atoms with Crippen molar-refractivity contribution in [3.8, 4) is 0 Å². The molecule has 0 bridgehead atoms. The number of hydrogen-bond acceptors (Lipinski definition) is 5. The van der Waals surface area contributed by atoms with Crippen LogP contribution in [0.3, 0.4) is 0 Å². The number of benzene rings is 1. The molecule has 2 atom stereocenters. The van der Waals surface area contributed by atoms with Crippen molar-refractivity contribution in [2.75, 3.05) is 13.2 Å². The molecular weight excluding hydrogens is 326 g/mol. The van der Waals surface area contributed by atoms with Gasteiger partial charge in [0.05, 0.1) is 18.6 Å². The first-order chi connectivity index (χ1) is 12.5. The van der Waals surface area contributed by atoms with E-state index in [0.717, 1.165) is 11.1 Å². The molecule has 0 saturated carbocycles. The predicted octanol–water partition coefficient (Wildman–Crippen LogP) is 3.95. The molecule has 0 aromatic heterocycles. The van der Waals surface area contributed by atoms with E-state index in [4.69, 9.17) is 19.5 Å². The summed E-state index contributed by atoms with van der Waals surface area (Å²) in [7, 11) is 0. The summed E-state index contributed by atoms with van der Waals surface area (Å²) in [6.45, 7) is 14.3. The summed E-state index contributed by atoms with van der Waals surface area (Å²) in [4.78, 5) is 11.5. The Hall–Kier alpha value is -2.30. The van der Waals surface area contributed by atoms with E-state index in [-0.39, 0.29) is 12.1 Å². The van der Waals surface area contributed by atoms with Gasteiger partial charge in [0.15, 0.2) is 0 Å². The first-order valence-electron chi connectivity index (χ1n) is 9.38. The second-order valence-corrected chi connectivity index (χ2v) is 7.60. The molecule has 26 heavy (non-hydrogen) atoms. The molecular formula is C21H29N3O2. The first kappa shape index (κ1) is 18.5. The van der Waals surface area contributed by atoms with Gasteiger partial charge in [0.1, 0.15) is 13.2 Å². The third kappa shape index (κ3) is 4.09. The maximum atomic E-state index is 5.91. The highest BCUT2D eigenvalue weighted by Crippen LogP contribution is 2.22. The molecule has 1 aromatic carbocycles. The van der Waals surface area contributed by atoms with Gasteiger partial charge in [-0.3, -0.25) is 0 Å². The van der Waals surface area contributed by atoms with Crippen LogP contribution in [0, 0.1) is 11.8 Å². The Morgan fingerprint density at radius 2 is 1.50 bits per heavy atom. The molecule has 2 heterocycles. The van der Waals surface area contributed by atoms with E-state index >= 15 is 0 Å². The fraction of sp³-hybridized carbons (Fsp3) is 0.524. The summed E-state index contributed by atoms with van der Waals surface area (Å²) in [6.07, 6.45) is 1.84. The number of nitrogens with zero attached hydrogens (tertiary/aromatic N) is 3. The Morgan fingerprint density at radius 3 is 1.88 bits per heavy atom. The van der Waals surface area contributed by atoms with E-state index in [1.807, 2.05) is 11.0 Å². The van der Waals surface area contributed by atoms with Crippen LogP contribution in [0.25, 0.3) is 6.08 Å². The maximum absolute atomic E-state index is 5.91. The zero-order valence-corrected chi connectivity index (χ0v) is 16.2. The van der Waals surface area contributed by atoms with Gasteiger partial charge < -0.3 is 9.47 Å². The van der Waals surface area contributed by atoms with Crippen LogP contribution in [0.4, 0.5) is 0 Å². The normalized spacial score (nSPS) is 22.1. The second-order valence-electron chi connectivity index (χ2n) is 7.60. The van der Waals surface area contributed by atoms with Crippen molar-refractivity contribution in [2.24, 2.45) is 21.8 Å². The molecule has 1 aromatic rings. The molecule has 2 aliphatic rings. The predicted molar refractivity (Wildman–Crippen MR) is 106 cm³/mol. The van der Waals surface area contributed by atoms with Gasteiger partial charge in [0.2, 0.25) is 0 Å². The van der Waals surface area contributed by atoms with Crippen LogP contribution in [0.2, 0.25) is 0 Å². The Kier molecular flexibility index (Phi) is 5.64. The molecule has 5 nitrogen and oxygen atoms in total. The Labute approximate surface area is 156 Å². The SMILES string of the molecule is C=Cc1ccc(CN(C2=N[C@@H](C(C)C)CO2)C2=N[C@@H](C(C)C)CO2)cc1. The minimum absolute atomic E-state index is 0.179. The Bertz CT molecular complexity index is 658. The fourth-order valence-corrected chi connectivity index (χ4v) is 2.89. The van der Waals surface area contributed by atoms with Crippen molar-refractivity contribution in [3.63, 3.8) is 0 Å². The Balaban J connectivity index is 1.85. The number of ether oxygens (including phenoxy) is 2. The summed E-state index contributed by atoms with van der Waals surface area (Å²) in [6, 6.07) is 9.88. The van der Waals surface area contributed by atoms with Crippen LogP contribution >= 0.6 is 0 Å². The molecule has 0 saturated heterocycles. The molecule has 2 aliphatic heterocycles. The van der Waals surface area contributed by atoms with Crippen LogP contribution in [0.5, 0.6) is 0 Å². The van der Waals surface area contributed by atoms with E-state index < -0.39 is 0 Å². The van der Waals surface area contributed by atoms with E-state index in [0.29, 0.717) is 43.6 Å². The molecule has 0 aliphatic carbocycles. The summed E-state index contributed by atoms with van der Waals surface area (Å²) in [5, 5.41) is 0. The standard InChI is InChI=1S/C21H29N3O2/c1-6-16-7-9-17(10-8-16)11-24(20-22-18(12-25-20)14(2)3)21-23-19(13-26-21)15(4)5/h6-10,14-15,18-19H,1,11-13H2,2-5H3/t18-,19-/m1/s1. The van der Waals surface area contributed by atoms with Crippen molar-refractivity contribution in [3.05, 3.63) is 42.0 Å². The fourth-order valence-electron chi connectivity index (χ4n) is 2.89. The zero-order chi connectivity index (χ0) is 18.7. The second kappa shape index (κ2) is 7.94. The van der Waals surface area contributed by atoms with Crippen LogP contribution in [0.15, 0.2) is 40.8 Å². The number of hydrogen-bond donors (Lipinski definition) is 0. The molecule has 0 radical (unpaired) electrons. The Morgan fingerprint density at radius 1 is 1.00 bits per heavy atom. The summed E-state index contributed by atoms with van der Waals surface area (Å²) in [5.74, 6) is 0.882. The quantitative estimate of drug-likeness (QED) is 0.803. The minimum atomic E-state index is 0.179. The minimum Gasteiger partial charge on any atom is -0.463 e. The van der Waals surface area contributed by atoms with E-state index in [1.54, 1.807) is 0 Å². The summed E-state index contributed by atoms with van der Waals surface area (Å²) >= 11 is 0. The van der Waals surface area contributed by atoms with Crippen molar-refractivity contribution in [2.45, 2.75) is 46.3 Å². The third-order valence-corrected chi connectivity index (χ3v) is 4.88. The smallest absolute Gasteiger partial charge is 0.296 e. The maximum Gasteiger partial charge on any atom is 0.296 e. The average Bonchev–Trinajstić information content (AvgIpc) is 3.30. The lowest BCUT2D eigenvalue weighted by Gasteiger charge is -2.22. The lowest BCUT2D eigenvalue weighted by molar-refractivity contribution is 0.230. The summed E-state index contributed by atoms with van der Waals surface area (Å²) in [5.41, 5.74) is 2.25. The van der Waals surface area contributed by atoms with E-state index in [9.17, 15) is 0 Å². The van der Waals surface area contributed by atoms with E-state index in [2.05, 4.69) is 58.5 Å². The van der Waals surface area contributed by atoms with Gasteiger partial charge in [0, 0.05) is 0 Å². The van der Waals surface area contributed by atoms with Gasteiger partial charge in [-0.15, -0.1) is 0 Å². The molecule has 0 unspecified atom stereocenters. The van der Waals surface area contributed by atoms with Gasteiger partial charge in [-0.2, -0.15) is 0 Å². The van der Waals surface area contributed by atoms with Crippen LogP contribution in [-0.4, -0.2) is 42.2 Å². The number of aliphatic imine (C=N–C) groups is 2. The molecule has 0 N–H and O–H groups in total. The highest BCUT2D eigenvalue weighted by molar-refractivity contribution is 5.94. The van der Waals surface area contributed by atoms with Gasteiger partial charge in [0.25, 0.3) is 12.0 Å². The average molecular weight is 355 g/mol. The highest BCUT2D eigenvalue weighted by atomic mass is 16.5. The number of amidine groups is 2. The summed E-state index contributed by atoms with van der Waals surface area (Å²) < 4.78 is 11.8. The highest BCUT2D eigenvalue weighted by Gasteiger charge is 2.33. The molecule has 0 fully saturated rings. The zero-order valence-electron chi connectivity index (χ0n) is 16.2. The molecule has 5 heteroatoms.